The first-order chi connectivity index (χ1) is 14.1. The van der Waals surface area contributed by atoms with E-state index in [1.54, 1.807) is 0 Å². The first-order valence-electron chi connectivity index (χ1n) is 9.91. The zero-order valence-electron chi connectivity index (χ0n) is 16.8. The predicted octanol–water partition coefficient (Wildman–Crippen LogP) is 4.69. The molecule has 4 rings (SSSR count). The number of amides is 1. The zero-order valence-corrected chi connectivity index (χ0v) is 16.8. The fraction of sp³-hybridized carbons (Fsp3) is 0.261. The third-order valence-corrected chi connectivity index (χ3v) is 5.14. The van der Waals surface area contributed by atoms with Gasteiger partial charge in [-0.25, -0.2) is 9.97 Å². The van der Waals surface area contributed by atoms with Gasteiger partial charge >= 0.3 is 0 Å². The Morgan fingerprint density at radius 1 is 0.966 bits per heavy atom. The van der Waals surface area contributed by atoms with Crippen molar-refractivity contribution in [3.05, 3.63) is 71.5 Å². The maximum atomic E-state index is 12.5. The topological polar surface area (TPSA) is 70.2 Å². The molecule has 3 aromatic rings. The van der Waals surface area contributed by atoms with E-state index >= 15 is 0 Å². The van der Waals surface area contributed by atoms with Crippen LogP contribution in [0, 0.1) is 13.8 Å². The molecule has 0 atom stereocenters. The summed E-state index contributed by atoms with van der Waals surface area (Å²) in [5, 5.41) is 6.09. The number of rotatable bonds is 5. The quantitative estimate of drug-likeness (QED) is 0.665. The van der Waals surface area contributed by atoms with Crippen molar-refractivity contribution in [1.29, 1.82) is 0 Å². The molecular weight excluding hydrogens is 362 g/mol. The lowest BCUT2D eigenvalue weighted by Crippen LogP contribution is -2.17. The van der Waals surface area contributed by atoms with Crippen LogP contribution in [0.4, 0.5) is 23.0 Å². The Morgan fingerprint density at radius 2 is 1.66 bits per heavy atom. The molecule has 6 nitrogen and oxygen atoms in total. The van der Waals surface area contributed by atoms with Crippen LogP contribution >= 0.6 is 0 Å². The monoisotopic (exact) mass is 387 g/mol. The number of anilines is 4. The van der Waals surface area contributed by atoms with Crippen LogP contribution in [0.2, 0.25) is 0 Å². The summed E-state index contributed by atoms with van der Waals surface area (Å²) in [6.07, 6.45) is 5.55. The minimum atomic E-state index is -0.225. The van der Waals surface area contributed by atoms with E-state index in [1.165, 1.54) is 36.5 Å². The van der Waals surface area contributed by atoms with Gasteiger partial charge in [-0.1, -0.05) is 17.7 Å². The highest BCUT2D eigenvalue weighted by Crippen LogP contribution is 2.22. The smallest absolute Gasteiger partial charge is 0.258 e. The lowest BCUT2D eigenvalue weighted by atomic mass is 10.1. The highest BCUT2D eigenvalue weighted by Gasteiger charge is 2.13. The van der Waals surface area contributed by atoms with Gasteiger partial charge in [-0.2, -0.15) is 0 Å². The van der Waals surface area contributed by atoms with Crippen molar-refractivity contribution in [2.24, 2.45) is 0 Å². The van der Waals surface area contributed by atoms with Crippen LogP contribution in [0.25, 0.3) is 0 Å². The van der Waals surface area contributed by atoms with Crippen molar-refractivity contribution in [2.45, 2.75) is 26.7 Å². The third kappa shape index (κ3) is 4.54. The SMILES string of the molecule is Cc1ccc(Nc2ncc(C(=O)Nc3ccc(N4CCCC4)cc3)cn2)c(C)c1. The summed E-state index contributed by atoms with van der Waals surface area (Å²) >= 11 is 0. The lowest BCUT2D eigenvalue weighted by molar-refractivity contribution is 0.102. The summed E-state index contributed by atoms with van der Waals surface area (Å²) in [7, 11) is 0. The van der Waals surface area contributed by atoms with Crippen molar-refractivity contribution >= 4 is 28.9 Å². The molecule has 148 valence electrons. The highest BCUT2D eigenvalue weighted by atomic mass is 16.1. The summed E-state index contributed by atoms with van der Waals surface area (Å²) < 4.78 is 0. The van der Waals surface area contributed by atoms with Gasteiger partial charge in [0.15, 0.2) is 0 Å². The standard InChI is InChI=1S/C23H25N5O/c1-16-5-10-21(17(2)13-16)27-23-24-14-18(15-25-23)22(29)26-19-6-8-20(9-7-19)28-11-3-4-12-28/h5-10,13-15H,3-4,11-12H2,1-2H3,(H,26,29)(H,24,25,27). The number of nitrogens with one attached hydrogen (secondary N) is 2. The second-order valence-corrected chi connectivity index (χ2v) is 7.43. The van der Waals surface area contributed by atoms with Gasteiger partial charge in [0.2, 0.25) is 5.95 Å². The summed E-state index contributed by atoms with van der Waals surface area (Å²) in [4.78, 5) is 23.4. The Kier molecular flexibility index (Phi) is 5.42. The molecule has 0 radical (unpaired) electrons. The maximum Gasteiger partial charge on any atom is 0.258 e. The van der Waals surface area contributed by atoms with Crippen LogP contribution in [-0.4, -0.2) is 29.0 Å². The Labute approximate surface area is 171 Å². The van der Waals surface area contributed by atoms with E-state index in [0.717, 1.165) is 30.0 Å². The van der Waals surface area contributed by atoms with Crippen LogP contribution in [0.3, 0.4) is 0 Å². The number of carbonyl (C=O) groups is 1. The van der Waals surface area contributed by atoms with E-state index in [2.05, 4.69) is 38.5 Å². The molecule has 1 aliphatic rings. The molecule has 1 saturated heterocycles. The molecule has 1 aromatic heterocycles. The fourth-order valence-corrected chi connectivity index (χ4v) is 3.52. The molecule has 6 heteroatoms. The van der Waals surface area contributed by atoms with E-state index in [1.807, 2.05) is 43.3 Å². The molecular formula is C23H25N5O. The van der Waals surface area contributed by atoms with Crippen molar-refractivity contribution in [1.82, 2.24) is 9.97 Å². The van der Waals surface area contributed by atoms with Crippen LogP contribution < -0.4 is 15.5 Å². The van der Waals surface area contributed by atoms with Crippen molar-refractivity contribution in [3.63, 3.8) is 0 Å². The first-order valence-corrected chi connectivity index (χ1v) is 9.91. The molecule has 29 heavy (non-hydrogen) atoms. The van der Waals surface area contributed by atoms with E-state index in [4.69, 9.17) is 0 Å². The van der Waals surface area contributed by atoms with Gasteiger partial charge in [0, 0.05) is 42.5 Å². The number of aromatic nitrogens is 2. The van der Waals surface area contributed by atoms with Crippen LogP contribution in [0.15, 0.2) is 54.9 Å². The summed E-state index contributed by atoms with van der Waals surface area (Å²) in [6, 6.07) is 14.1. The molecule has 0 aliphatic carbocycles. The Bertz CT molecular complexity index is 993. The molecule has 1 amide bonds. The average Bonchev–Trinajstić information content (AvgIpc) is 3.26. The van der Waals surface area contributed by atoms with E-state index < -0.39 is 0 Å². The second-order valence-electron chi connectivity index (χ2n) is 7.43. The van der Waals surface area contributed by atoms with Crippen molar-refractivity contribution < 1.29 is 4.79 Å². The minimum absolute atomic E-state index is 0.225. The number of hydrogen-bond donors (Lipinski definition) is 2. The van der Waals surface area contributed by atoms with Gasteiger partial charge < -0.3 is 15.5 Å². The molecule has 0 spiro atoms. The van der Waals surface area contributed by atoms with Crippen LogP contribution in [0.5, 0.6) is 0 Å². The van der Waals surface area contributed by atoms with E-state index in [9.17, 15) is 4.79 Å². The normalized spacial score (nSPS) is 13.4. The molecule has 1 fully saturated rings. The summed E-state index contributed by atoms with van der Waals surface area (Å²) in [5.41, 5.74) is 5.65. The molecule has 1 aliphatic heterocycles. The number of nitrogens with zero attached hydrogens (tertiary/aromatic N) is 3. The summed E-state index contributed by atoms with van der Waals surface area (Å²) in [6.45, 7) is 6.30. The Morgan fingerprint density at radius 3 is 2.31 bits per heavy atom. The number of aryl methyl sites for hydroxylation is 2. The second kappa shape index (κ2) is 8.31. The Hall–Kier alpha value is -3.41. The van der Waals surface area contributed by atoms with Crippen molar-refractivity contribution in [2.75, 3.05) is 28.6 Å². The van der Waals surface area contributed by atoms with Gasteiger partial charge in [0.05, 0.1) is 5.56 Å². The van der Waals surface area contributed by atoms with E-state index in [-0.39, 0.29) is 5.91 Å². The molecule has 0 saturated carbocycles. The van der Waals surface area contributed by atoms with Gasteiger partial charge in [0.25, 0.3) is 5.91 Å². The highest BCUT2D eigenvalue weighted by molar-refractivity contribution is 6.04. The lowest BCUT2D eigenvalue weighted by Gasteiger charge is -2.17. The van der Waals surface area contributed by atoms with Gasteiger partial charge in [-0.05, 0) is 62.6 Å². The largest absolute Gasteiger partial charge is 0.372 e. The number of hydrogen-bond acceptors (Lipinski definition) is 5. The molecule has 2 heterocycles. The van der Waals surface area contributed by atoms with Crippen molar-refractivity contribution in [3.8, 4) is 0 Å². The zero-order chi connectivity index (χ0) is 20.2. The van der Waals surface area contributed by atoms with Gasteiger partial charge in [-0.3, -0.25) is 4.79 Å². The van der Waals surface area contributed by atoms with E-state index in [0.29, 0.717) is 11.5 Å². The molecule has 2 N–H and O–H groups in total. The minimum Gasteiger partial charge on any atom is -0.372 e. The first kappa shape index (κ1) is 18.9. The predicted molar refractivity (Wildman–Crippen MR) is 117 cm³/mol. The molecule has 2 aromatic carbocycles. The van der Waals surface area contributed by atoms with Gasteiger partial charge in [0.1, 0.15) is 0 Å². The molecule has 0 bridgehead atoms. The molecule has 0 unspecified atom stereocenters. The number of carbonyl (C=O) groups excluding carboxylic acids is 1. The Balaban J connectivity index is 1.38. The van der Waals surface area contributed by atoms with Gasteiger partial charge in [-0.15, -0.1) is 0 Å². The fourth-order valence-electron chi connectivity index (χ4n) is 3.52. The average molecular weight is 387 g/mol. The summed E-state index contributed by atoms with van der Waals surface area (Å²) in [5.74, 6) is 0.237. The maximum absolute atomic E-state index is 12.5. The van der Waals surface area contributed by atoms with Crippen LogP contribution in [0.1, 0.15) is 34.3 Å². The van der Waals surface area contributed by atoms with Crippen LogP contribution in [-0.2, 0) is 0 Å². The third-order valence-electron chi connectivity index (χ3n) is 5.14. The number of benzene rings is 2.